The molecule has 7 nitrogen and oxygen atoms in total. The Morgan fingerprint density at radius 1 is 1.33 bits per heavy atom. The van der Waals surface area contributed by atoms with Crippen molar-refractivity contribution in [2.75, 3.05) is 33.8 Å². The SMILES string of the molecule is CN(C)Cc1nnc(C2CCCN(C(=O)c3ccc4c(c3)CCO4)C2)n1C. The van der Waals surface area contributed by atoms with Gasteiger partial charge < -0.3 is 19.1 Å². The quantitative estimate of drug-likeness (QED) is 0.823. The van der Waals surface area contributed by atoms with Crippen LogP contribution in [0.1, 0.15) is 46.3 Å². The van der Waals surface area contributed by atoms with Crippen molar-refractivity contribution in [3.63, 3.8) is 0 Å². The number of aromatic nitrogens is 3. The number of carbonyl (C=O) groups is 1. The molecule has 27 heavy (non-hydrogen) atoms. The molecule has 1 saturated heterocycles. The number of hydrogen-bond donors (Lipinski definition) is 0. The van der Waals surface area contributed by atoms with Gasteiger partial charge >= 0.3 is 0 Å². The van der Waals surface area contributed by atoms with Crippen LogP contribution in [0.25, 0.3) is 0 Å². The summed E-state index contributed by atoms with van der Waals surface area (Å²) in [4.78, 5) is 17.1. The Balaban J connectivity index is 1.50. The molecular weight excluding hydrogens is 342 g/mol. The lowest BCUT2D eigenvalue weighted by Gasteiger charge is -2.32. The summed E-state index contributed by atoms with van der Waals surface area (Å²) in [6.07, 6.45) is 2.91. The van der Waals surface area contributed by atoms with Crippen LogP contribution in [0, 0.1) is 0 Å². The molecule has 1 unspecified atom stereocenters. The number of likely N-dealkylation sites (tertiary alicyclic amines) is 1. The molecule has 144 valence electrons. The van der Waals surface area contributed by atoms with Crippen LogP contribution in [0.2, 0.25) is 0 Å². The minimum atomic E-state index is 0.102. The van der Waals surface area contributed by atoms with Gasteiger partial charge in [0.1, 0.15) is 17.4 Å². The number of piperidine rings is 1. The van der Waals surface area contributed by atoms with Gasteiger partial charge in [0, 0.05) is 38.0 Å². The summed E-state index contributed by atoms with van der Waals surface area (Å²) in [7, 11) is 6.07. The zero-order valence-electron chi connectivity index (χ0n) is 16.3. The second kappa shape index (κ2) is 7.31. The van der Waals surface area contributed by atoms with E-state index in [1.54, 1.807) is 0 Å². The first kappa shape index (κ1) is 18.0. The highest BCUT2D eigenvalue weighted by Gasteiger charge is 2.29. The minimum Gasteiger partial charge on any atom is -0.493 e. The van der Waals surface area contributed by atoms with Gasteiger partial charge in [0.25, 0.3) is 5.91 Å². The molecule has 1 amide bonds. The van der Waals surface area contributed by atoms with E-state index < -0.39 is 0 Å². The fourth-order valence-corrected chi connectivity index (χ4v) is 4.03. The smallest absolute Gasteiger partial charge is 0.253 e. The molecule has 2 aliphatic rings. The molecule has 0 saturated carbocycles. The summed E-state index contributed by atoms with van der Waals surface area (Å²) in [5.74, 6) is 3.18. The minimum absolute atomic E-state index is 0.102. The summed E-state index contributed by atoms with van der Waals surface area (Å²) in [6.45, 7) is 2.96. The fourth-order valence-electron chi connectivity index (χ4n) is 4.03. The van der Waals surface area contributed by atoms with Crippen LogP contribution in [-0.4, -0.2) is 64.3 Å². The highest BCUT2D eigenvalue weighted by atomic mass is 16.5. The Kier molecular flexibility index (Phi) is 4.86. The van der Waals surface area contributed by atoms with Crippen molar-refractivity contribution in [3.05, 3.63) is 41.0 Å². The summed E-state index contributed by atoms with van der Waals surface area (Å²) in [5.41, 5.74) is 1.89. The Labute approximate surface area is 159 Å². The van der Waals surface area contributed by atoms with E-state index in [1.807, 2.05) is 44.2 Å². The topological polar surface area (TPSA) is 63.5 Å². The second-order valence-electron chi connectivity index (χ2n) is 7.78. The zero-order valence-corrected chi connectivity index (χ0v) is 16.3. The number of carbonyl (C=O) groups excluding carboxylic acids is 1. The van der Waals surface area contributed by atoms with Crippen LogP contribution in [0.3, 0.4) is 0 Å². The van der Waals surface area contributed by atoms with Crippen molar-refractivity contribution in [1.82, 2.24) is 24.6 Å². The standard InChI is InChI=1S/C20H27N5O2/c1-23(2)13-18-21-22-19(24(18)3)16-5-4-9-25(12-16)20(26)15-6-7-17-14(11-15)8-10-27-17/h6-7,11,16H,4-5,8-10,12-13H2,1-3H3. The molecule has 2 aromatic rings. The average Bonchev–Trinajstić information content (AvgIpc) is 3.27. The van der Waals surface area contributed by atoms with Gasteiger partial charge in [-0.3, -0.25) is 4.79 Å². The van der Waals surface area contributed by atoms with Crippen molar-refractivity contribution in [3.8, 4) is 5.75 Å². The molecule has 1 aromatic carbocycles. The maximum absolute atomic E-state index is 13.0. The molecule has 0 aliphatic carbocycles. The summed E-state index contributed by atoms with van der Waals surface area (Å²) in [5, 5.41) is 8.79. The van der Waals surface area contributed by atoms with E-state index >= 15 is 0 Å². The Bertz CT molecular complexity index is 845. The van der Waals surface area contributed by atoms with E-state index in [9.17, 15) is 4.79 Å². The first-order valence-corrected chi connectivity index (χ1v) is 9.61. The molecule has 1 atom stereocenters. The van der Waals surface area contributed by atoms with Gasteiger partial charge in [-0.05, 0) is 50.7 Å². The van der Waals surface area contributed by atoms with Crippen LogP contribution in [0.5, 0.6) is 5.75 Å². The largest absolute Gasteiger partial charge is 0.493 e. The van der Waals surface area contributed by atoms with Gasteiger partial charge in [-0.1, -0.05) is 0 Å². The van der Waals surface area contributed by atoms with Gasteiger partial charge in [0.15, 0.2) is 0 Å². The lowest BCUT2D eigenvalue weighted by Crippen LogP contribution is -2.39. The predicted octanol–water partition coefficient (Wildman–Crippen LogP) is 1.83. The van der Waals surface area contributed by atoms with Crippen molar-refractivity contribution in [2.24, 2.45) is 7.05 Å². The van der Waals surface area contributed by atoms with E-state index in [2.05, 4.69) is 19.7 Å². The Hall–Kier alpha value is -2.41. The van der Waals surface area contributed by atoms with Crippen LogP contribution in [-0.2, 0) is 20.0 Å². The fraction of sp³-hybridized carbons (Fsp3) is 0.550. The Morgan fingerprint density at radius 2 is 2.19 bits per heavy atom. The van der Waals surface area contributed by atoms with E-state index in [-0.39, 0.29) is 11.8 Å². The van der Waals surface area contributed by atoms with Gasteiger partial charge in [-0.25, -0.2) is 0 Å². The van der Waals surface area contributed by atoms with Crippen molar-refractivity contribution in [2.45, 2.75) is 31.7 Å². The van der Waals surface area contributed by atoms with E-state index in [0.717, 1.165) is 60.9 Å². The van der Waals surface area contributed by atoms with Gasteiger partial charge in [0.2, 0.25) is 0 Å². The molecule has 0 N–H and O–H groups in total. The maximum atomic E-state index is 13.0. The molecule has 0 radical (unpaired) electrons. The molecule has 2 aliphatic heterocycles. The number of fused-ring (bicyclic) bond motifs is 1. The highest BCUT2D eigenvalue weighted by molar-refractivity contribution is 5.94. The highest BCUT2D eigenvalue weighted by Crippen LogP contribution is 2.29. The van der Waals surface area contributed by atoms with E-state index in [0.29, 0.717) is 13.2 Å². The number of hydrogen-bond acceptors (Lipinski definition) is 5. The molecule has 1 fully saturated rings. The van der Waals surface area contributed by atoms with E-state index in [1.165, 1.54) is 0 Å². The van der Waals surface area contributed by atoms with Crippen molar-refractivity contribution in [1.29, 1.82) is 0 Å². The van der Waals surface area contributed by atoms with Crippen LogP contribution >= 0.6 is 0 Å². The number of ether oxygens (including phenoxy) is 1. The molecule has 3 heterocycles. The number of benzene rings is 1. The first-order valence-electron chi connectivity index (χ1n) is 9.61. The predicted molar refractivity (Wildman–Crippen MR) is 102 cm³/mol. The Morgan fingerprint density at radius 3 is 3.00 bits per heavy atom. The number of amides is 1. The molecule has 0 spiro atoms. The van der Waals surface area contributed by atoms with Gasteiger partial charge in [0.05, 0.1) is 13.2 Å². The lowest BCUT2D eigenvalue weighted by molar-refractivity contribution is 0.0703. The van der Waals surface area contributed by atoms with Crippen LogP contribution in [0.15, 0.2) is 18.2 Å². The van der Waals surface area contributed by atoms with E-state index in [4.69, 9.17) is 4.74 Å². The second-order valence-corrected chi connectivity index (χ2v) is 7.78. The van der Waals surface area contributed by atoms with Crippen molar-refractivity contribution < 1.29 is 9.53 Å². The van der Waals surface area contributed by atoms with Crippen molar-refractivity contribution >= 4 is 5.91 Å². The zero-order chi connectivity index (χ0) is 19.0. The number of nitrogens with zero attached hydrogens (tertiary/aromatic N) is 5. The molecule has 7 heteroatoms. The lowest BCUT2D eigenvalue weighted by atomic mass is 9.96. The third-order valence-corrected chi connectivity index (χ3v) is 5.47. The summed E-state index contributed by atoms with van der Waals surface area (Å²) in [6, 6.07) is 5.80. The summed E-state index contributed by atoms with van der Waals surface area (Å²) >= 11 is 0. The monoisotopic (exact) mass is 369 g/mol. The third kappa shape index (κ3) is 3.56. The molecule has 1 aromatic heterocycles. The third-order valence-electron chi connectivity index (χ3n) is 5.47. The van der Waals surface area contributed by atoms with Crippen LogP contribution in [0.4, 0.5) is 0 Å². The molecular formula is C20H27N5O2. The van der Waals surface area contributed by atoms with Gasteiger partial charge in [-0.15, -0.1) is 10.2 Å². The summed E-state index contributed by atoms with van der Waals surface area (Å²) < 4.78 is 7.64. The normalized spacial score (nSPS) is 19.3. The maximum Gasteiger partial charge on any atom is 0.253 e. The number of rotatable bonds is 4. The molecule has 0 bridgehead atoms. The van der Waals surface area contributed by atoms with Crippen LogP contribution < -0.4 is 4.74 Å². The first-order chi connectivity index (χ1) is 13.0. The molecule has 4 rings (SSSR count). The van der Waals surface area contributed by atoms with Gasteiger partial charge in [-0.2, -0.15) is 0 Å². The average molecular weight is 369 g/mol.